The first-order valence-electron chi connectivity index (χ1n) is 7.47. The van der Waals surface area contributed by atoms with Crippen LogP contribution in [0.4, 0.5) is 0 Å². The van der Waals surface area contributed by atoms with E-state index in [1.807, 2.05) is 13.0 Å². The highest BCUT2D eigenvalue weighted by Crippen LogP contribution is 2.16. The molecule has 4 heteroatoms. The molecule has 0 amide bonds. The molecule has 0 fully saturated rings. The lowest BCUT2D eigenvalue weighted by Gasteiger charge is -2.17. The van der Waals surface area contributed by atoms with Gasteiger partial charge in [0, 0.05) is 32.7 Å². The van der Waals surface area contributed by atoms with Crippen molar-refractivity contribution >= 4 is 11.0 Å². The third-order valence-electron chi connectivity index (χ3n) is 3.62. The number of imidazole rings is 1. The molecule has 4 nitrogen and oxygen atoms in total. The van der Waals surface area contributed by atoms with Crippen molar-refractivity contribution in [3.63, 3.8) is 0 Å². The van der Waals surface area contributed by atoms with Crippen molar-refractivity contribution < 1.29 is 4.74 Å². The molecule has 0 aliphatic carbocycles. The van der Waals surface area contributed by atoms with Gasteiger partial charge in [-0.2, -0.15) is 0 Å². The third kappa shape index (κ3) is 3.58. The van der Waals surface area contributed by atoms with Crippen LogP contribution in [-0.2, 0) is 18.2 Å². The van der Waals surface area contributed by atoms with Crippen LogP contribution >= 0.6 is 0 Å². The van der Waals surface area contributed by atoms with Gasteiger partial charge in [-0.1, -0.05) is 19.1 Å². The van der Waals surface area contributed by atoms with Gasteiger partial charge in [-0.3, -0.25) is 0 Å². The van der Waals surface area contributed by atoms with Crippen LogP contribution in [0, 0.1) is 0 Å². The molecule has 20 heavy (non-hydrogen) atoms. The van der Waals surface area contributed by atoms with E-state index in [2.05, 4.69) is 42.1 Å². The first-order chi connectivity index (χ1) is 9.76. The molecule has 2 aromatic rings. The summed E-state index contributed by atoms with van der Waals surface area (Å²) in [4.78, 5) is 4.74. The van der Waals surface area contributed by atoms with E-state index in [-0.39, 0.29) is 0 Å². The molecule has 2 rings (SSSR count). The Labute approximate surface area is 121 Å². The molecule has 0 radical (unpaired) electrons. The average molecular weight is 275 g/mol. The summed E-state index contributed by atoms with van der Waals surface area (Å²) in [7, 11) is 2.09. The zero-order valence-corrected chi connectivity index (χ0v) is 12.7. The maximum absolute atomic E-state index is 5.47. The molecule has 1 unspecified atom stereocenters. The molecule has 0 saturated carbocycles. The number of hydrogen-bond acceptors (Lipinski definition) is 3. The quantitative estimate of drug-likeness (QED) is 0.752. The minimum atomic E-state index is 0.419. The lowest BCUT2D eigenvalue weighted by molar-refractivity contribution is 0.136. The first-order valence-corrected chi connectivity index (χ1v) is 7.47. The molecule has 1 aromatic carbocycles. The van der Waals surface area contributed by atoms with Crippen LogP contribution in [0.3, 0.4) is 0 Å². The van der Waals surface area contributed by atoms with Gasteiger partial charge in [0.15, 0.2) is 0 Å². The van der Waals surface area contributed by atoms with Crippen LogP contribution in [0.5, 0.6) is 0 Å². The van der Waals surface area contributed by atoms with E-state index in [0.717, 1.165) is 43.9 Å². The van der Waals surface area contributed by atoms with Gasteiger partial charge in [-0.25, -0.2) is 4.98 Å². The van der Waals surface area contributed by atoms with Crippen molar-refractivity contribution in [2.24, 2.45) is 7.05 Å². The average Bonchev–Trinajstić information content (AvgIpc) is 2.76. The van der Waals surface area contributed by atoms with E-state index in [0.29, 0.717) is 6.04 Å². The number of para-hydroxylation sites is 2. The van der Waals surface area contributed by atoms with Gasteiger partial charge >= 0.3 is 0 Å². The number of nitrogens with zero attached hydrogens (tertiary/aromatic N) is 2. The Morgan fingerprint density at radius 2 is 2.10 bits per heavy atom. The summed E-state index contributed by atoms with van der Waals surface area (Å²) in [5.41, 5.74) is 2.27. The predicted octanol–water partition coefficient (Wildman–Crippen LogP) is 2.52. The molecular weight excluding hydrogens is 250 g/mol. The largest absolute Gasteiger partial charge is 0.382 e. The standard InChI is InChI=1S/C16H25N3O/c1-4-17-13(10-11-20-5-2)12-16-18-14-8-6-7-9-15(14)19(16)3/h6-9,13,17H,4-5,10-12H2,1-3H3. The summed E-state index contributed by atoms with van der Waals surface area (Å²) in [6, 6.07) is 8.71. The van der Waals surface area contributed by atoms with Crippen LogP contribution in [0.2, 0.25) is 0 Å². The molecular formula is C16H25N3O. The molecule has 110 valence electrons. The Morgan fingerprint density at radius 1 is 1.30 bits per heavy atom. The number of fused-ring (bicyclic) bond motifs is 1. The Kier molecular flexibility index (Phi) is 5.56. The van der Waals surface area contributed by atoms with Crippen molar-refractivity contribution in [1.82, 2.24) is 14.9 Å². The van der Waals surface area contributed by atoms with E-state index < -0.39 is 0 Å². The molecule has 0 saturated heterocycles. The van der Waals surface area contributed by atoms with Gasteiger partial charge in [-0.15, -0.1) is 0 Å². The molecule has 1 aromatic heterocycles. The second kappa shape index (κ2) is 7.41. The number of likely N-dealkylation sites (N-methyl/N-ethyl adjacent to an activating group) is 1. The van der Waals surface area contributed by atoms with Crippen LogP contribution in [-0.4, -0.2) is 35.4 Å². The highest BCUT2D eigenvalue weighted by atomic mass is 16.5. The van der Waals surface area contributed by atoms with E-state index in [1.54, 1.807) is 0 Å². The Balaban J connectivity index is 2.09. The normalized spacial score (nSPS) is 12.9. The van der Waals surface area contributed by atoms with Crippen molar-refractivity contribution in [2.45, 2.75) is 32.7 Å². The van der Waals surface area contributed by atoms with Gasteiger partial charge in [0.2, 0.25) is 0 Å². The number of rotatable bonds is 8. The van der Waals surface area contributed by atoms with Gasteiger partial charge < -0.3 is 14.6 Å². The van der Waals surface area contributed by atoms with Crippen molar-refractivity contribution in [3.05, 3.63) is 30.1 Å². The minimum Gasteiger partial charge on any atom is -0.382 e. The molecule has 1 atom stereocenters. The Bertz CT molecular complexity index is 536. The summed E-state index contributed by atoms with van der Waals surface area (Å²) in [5.74, 6) is 1.13. The van der Waals surface area contributed by atoms with Crippen molar-refractivity contribution in [3.8, 4) is 0 Å². The molecule has 0 aliphatic heterocycles. The second-order valence-electron chi connectivity index (χ2n) is 5.02. The maximum Gasteiger partial charge on any atom is 0.111 e. The Morgan fingerprint density at radius 3 is 2.80 bits per heavy atom. The van der Waals surface area contributed by atoms with Crippen LogP contribution < -0.4 is 5.32 Å². The monoisotopic (exact) mass is 275 g/mol. The van der Waals surface area contributed by atoms with Gasteiger partial charge in [-0.05, 0) is 32.0 Å². The number of aryl methyl sites for hydroxylation is 1. The van der Waals surface area contributed by atoms with E-state index in [1.165, 1.54) is 5.52 Å². The first kappa shape index (κ1) is 15.0. The third-order valence-corrected chi connectivity index (χ3v) is 3.62. The molecule has 1 N–H and O–H groups in total. The van der Waals surface area contributed by atoms with Gasteiger partial charge in [0.1, 0.15) is 5.82 Å². The molecule has 0 spiro atoms. The zero-order chi connectivity index (χ0) is 14.4. The number of aromatic nitrogens is 2. The smallest absolute Gasteiger partial charge is 0.111 e. The fourth-order valence-electron chi connectivity index (χ4n) is 2.53. The lowest BCUT2D eigenvalue weighted by atomic mass is 10.1. The lowest BCUT2D eigenvalue weighted by Crippen LogP contribution is -2.33. The summed E-state index contributed by atoms with van der Waals surface area (Å²) in [5, 5.41) is 3.53. The number of nitrogens with one attached hydrogen (secondary N) is 1. The van der Waals surface area contributed by atoms with Crippen LogP contribution in [0.15, 0.2) is 24.3 Å². The maximum atomic E-state index is 5.47. The van der Waals surface area contributed by atoms with E-state index in [4.69, 9.17) is 9.72 Å². The highest BCUT2D eigenvalue weighted by molar-refractivity contribution is 5.75. The van der Waals surface area contributed by atoms with Crippen LogP contribution in [0.1, 0.15) is 26.1 Å². The highest BCUT2D eigenvalue weighted by Gasteiger charge is 2.13. The topological polar surface area (TPSA) is 39.1 Å². The van der Waals surface area contributed by atoms with Gasteiger partial charge in [0.05, 0.1) is 11.0 Å². The molecule has 0 bridgehead atoms. The summed E-state index contributed by atoms with van der Waals surface area (Å²) < 4.78 is 7.66. The second-order valence-corrected chi connectivity index (χ2v) is 5.02. The van der Waals surface area contributed by atoms with Crippen molar-refractivity contribution in [1.29, 1.82) is 0 Å². The van der Waals surface area contributed by atoms with E-state index in [9.17, 15) is 0 Å². The number of hydrogen-bond donors (Lipinski definition) is 1. The number of ether oxygens (including phenoxy) is 1. The molecule has 0 aliphatic rings. The SMILES string of the molecule is CCNC(CCOCC)Cc1nc2ccccc2n1C. The van der Waals surface area contributed by atoms with Crippen molar-refractivity contribution in [2.75, 3.05) is 19.8 Å². The fraction of sp³-hybridized carbons (Fsp3) is 0.562. The zero-order valence-electron chi connectivity index (χ0n) is 12.7. The minimum absolute atomic E-state index is 0.419. The fourth-order valence-corrected chi connectivity index (χ4v) is 2.53. The van der Waals surface area contributed by atoms with E-state index >= 15 is 0 Å². The van der Waals surface area contributed by atoms with Crippen LogP contribution in [0.25, 0.3) is 11.0 Å². The predicted molar refractivity (Wildman–Crippen MR) is 83.0 cm³/mol. The number of benzene rings is 1. The summed E-state index contributed by atoms with van der Waals surface area (Å²) in [6.45, 7) is 6.74. The summed E-state index contributed by atoms with van der Waals surface area (Å²) >= 11 is 0. The van der Waals surface area contributed by atoms with Gasteiger partial charge in [0.25, 0.3) is 0 Å². The summed E-state index contributed by atoms with van der Waals surface area (Å²) in [6.07, 6.45) is 1.96. The Hall–Kier alpha value is -1.39. The molecule has 1 heterocycles.